The molecule has 8 heteroatoms. The van der Waals surface area contributed by atoms with Crippen LogP contribution in [0.1, 0.15) is 5.56 Å². The molecular weight excluding hydrogens is 287 g/mol. The number of anilines is 1. The van der Waals surface area contributed by atoms with Crippen LogP contribution in [-0.2, 0) is 22.2 Å². The van der Waals surface area contributed by atoms with Crippen LogP contribution < -0.4 is 5.73 Å². The number of alkyl halides is 3. The molecule has 1 fully saturated rings. The van der Waals surface area contributed by atoms with Gasteiger partial charge in [-0.05, 0) is 18.2 Å². The van der Waals surface area contributed by atoms with Crippen LogP contribution in [0.15, 0.2) is 18.2 Å². The Morgan fingerprint density at radius 2 is 2.14 bits per heavy atom. The van der Waals surface area contributed by atoms with Gasteiger partial charge in [-0.3, -0.25) is 0 Å². The van der Waals surface area contributed by atoms with Crippen molar-refractivity contribution in [2.24, 2.45) is 0 Å². The predicted octanol–water partition coefficient (Wildman–Crippen LogP) is 2.05. The van der Waals surface area contributed by atoms with Gasteiger partial charge >= 0.3 is 6.18 Å². The Balaban J connectivity index is 1.93. The molecule has 2 aromatic rings. The maximum Gasteiger partial charge on any atom is 0.416 e. The van der Waals surface area contributed by atoms with Crippen LogP contribution in [0.4, 0.5) is 19.1 Å². The second-order valence-corrected chi connectivity index (χ2v) is 4.85. The van der Waals surface area contributed by atoms with E-state index in [2.05, 4.69) is 4.98 Å². The van der Waals surface area contributed by atoms with Crippen molar-refractivity contribution in [1.29, 1.82) is 0 Å². The number of benzene rings is 1. The van der Waals surface area contributed by atoms with Crippen molar-refractivity contribution in [3.8, 4) is 0 Å². The molecule has 3 rings (SSSR count). The molecule has 1 aliphatic heterocycles. The molecule has 21 heavy (non-hydrogen) atoms. The Labute approximate surface area is 118 Å². The Kier molecular flexibility index (Phi) is 3.50. The number of rotatable bonds is 2. The summed E-state index contributed by atoms with van der Waals surface area (Å²) in [4.78, 5) is 4.00. The standard InChI is InChI=1S/C13H14F3N3O2/c14-13(15,16)8-1-2-11-10(5-8)18-12(17)19(11)6-9-7-20-3-4-21-9/h1-2,5,9H,3-4,6-7H2,(H2,17,18). The molecule has 1 saturated heterocycles. The lowest BCUT2D eigenvalue weighted by Gasteiger charge is -2.23. The van der Waals surface area contributed by atoms with Crippen LogP contribution in [-0.4, -0.2) is 35.5 Å². The van der Waals surface area contributed by atoms with Gasteiger partial charge in [-0.25, -0.2) is 4.98 Å². The molecule has 2 heterocycles. The van der Waals surface area contributed by atoms with E-state index in [-0.39, 0.29) is 17.6 Å². The average Bonchev–Trinajstić information content (AvgIpc) is 2.75. The van der Waals surface area contributed by atoms with Crippen molar-refractivity contribution in [3.63, 3.8) is 0 Å². The van der Waals surface area contributed by atoms with E-state index in [0.717, 1.165) is 12.1 Å². The fraction of sp³-hybridized carbons (Fsp3) is 0.462. The van der Waals surface area contributed by atoms with Crippen molar-refractivity contribution in [2.45, 2.75) is 18.8 Å². The second-order valence-electron chi connectivity index (χ2n) is 4.85. The lowest BCUT2D eigenvalue weighted by atomic mass is 10.2. The summed E-state index contributed by atoms with van der Waals surface area (Å²) in [5.74, 6) is 0.165. The van der Waals surface area contributed by atoms with Gasteiger partial charge in [-0.2, -0.15) is 13.2 Å². The molecule has 0 spiro atoms. The third-order valence-electron chi connectivity index (χ3n) is 3.38. The first-order valence-corrected chi connectivity index (χ1v) is 6.47. The number of hydrogen-bond acceptors (Lipinski definition) is 4. The zero-order valence-electron chi connectivity index (χ0n) is 11.1. The predicted molar refractivity (Wildman–Crippen MR) is 69.7 cm³/mol. The smallest absolute Gasteiger partial charge is 0.376 e. The van der Waals surface area contributed by atoms with Gasteiger partial charge in [-0.1, -0.05) is 0 Å². The van der Waals surface area contributed by atoms with E-state index >= 15 is 0 Å². The Bertz CT molecular complexity index is 648. The van der Waals surface area contributed by atoms with Gasteiger partial charge in [0.15, 0.2) is 0 Å². The molecule has 114 valence electrons. The van der Waals surface area contributed by atoms with E-state index in [1.807, 2.05) is 0 Å². The summed E-state index contributed by atoms with van der Waals surface area (Å²) in [6, 6.07) is 3.41. The van der Waals surface area contributed by atoms with Gasteiger partial charge in [0.25, 0.3) is 0 Å². The van der Waals surface area contributed by atoms with Crippen molar-refractivity contribution >= 4 is 17.0 Å². The molecule has 0 amide bonds. The summed E-state index contributed by atoms with van der Waals surface area (Å²) in [5, 5.41) is 0. The highest BCUT2D eigenvalue weighted by molar-refractivity contribution is 5.79. The molecule has 0 saturated carbocycles. The summed E-state index contributed by atoms with van der Waals surface area (Å²) in [6.07, 6.45) is -4.58. The van der Waals surface area contributed by atoms with Crippen LogP contribution >= 0.6 is 0 Å². The first kappa shape index (κ1) is 14.2. The number of nitrogens with zero attached hydrogens (tertiary/aromatic N) is 2. The number of nitrogen functional groups attached to an aromatic ring is 1. The minimum atomic E-state index is -4.40. The molecule has 1 aromatic heterocycles. The van der Waals surface area contributed by atoms with Crippen LogP contribution in [0.2, 0.25) is 0 Å². The number of ether oxygens (including phenoxy) is 2. The maximum absolute atomic E-state index is 12.7. The molecule has 0 radical (unpaired) electrons. The maximum atomic E-state index is 12.7. The summed E-state index contributed by atoms with van der Waals surface area (Å²) >= 11 is 0. The molecule has 0 aliphatic carbocycles. The number of imidazole rings is 1. The summed E-state index contributed by atoms with van der Waals surface area (Å²) in [6.45, 7) is 1.87. The van der Waals surface area contributed by atoms with E-state index in [4.69, 9.17) is 15.2 Å². The molecular formula is C13H14F3N3O2. The Hall–Kier alpha value is -1.80. The van der Waals surface area contributed by atoms with E-state index in [0.29, 0.717) is 31.9 Å². The highest BCUT2D eigenvalue weighted by Crippen LogP contribution is 2.32. The van der Waals surface area contributed by atoms with E-state index in [9.17, 15) is 13.2 Å². The zero-order valence-corrected chi connectivity index (χ0v) is 11.1. The monoisotopic (exact) mass is 301 g/mol. The number of nitrogens with two attached hydrogens (primary N) is 1. The van der Waals surface area contributed by atoms with Crippen molar-refractivity contribution in [2.75, 3.05) is 25.6 Å². The summed E-state index contributed by atoms with van der Waals surface area (Å²) in [5.41, 5.74) is 5.84. The van der Waals surface area contributed by atoms with Crippen LogP contribution in [0.3, 0.4) is 0 Å². The van der Waals surface area contributed by atoms with Gasteiger partial charge in [0, 0.05) is 0 Å². The molecule has 1 unspecified atom stereocenters. The minimum absolute atomic E-state index is 0.165. The van der Waals surface area contributed by atoms with Gasteiger partial charge in [0.05, 0.1) is 49.1 Å². The normalized spacial score (nSPS) is 20.0. The highest BCUT2D eigenvalue weighted by atomic mass is 19.4. The Morgan fingerprint density at radius 1 is 1.33 bits per heavy atom. The van der Waals surface area contributed by atoms with E-state index < -0.39 is 11.7 Å². The third kappa shape index (κ3) is 2.81. The number of hydrogen-bond donors (Lipinski definition) is 1. The van der Waals surface area contributed by atoms with Crippen molar-refractivity contribution in [1.82, 2.24) is 9.55 Å². The summed E-state index contributed by atoms with van der Waals surface area (Å²) < 4.78 is 50.6. The summed E-state index contributed by atoms with van der Waals surface area (Å²) in [7, 11) is 0. The molecule has 1 aliphatic rings. The van der Waals surface area contributed by atoms with E-state index in [1.165, 1.54) is 6.07 Å². The average molecular weight is 301 g/mol. The molecule has 2 N–H and O–H groups in total. The van der Waals surface area contributed by atoms with Crippen LogP contribution in [0.5, 0.6) is 0 Å². The largest absolute Gasteiger partial charge is 0.416 e. The number of fused-ring (bicyclic) bond motifs is 1. The molecule has 1 aromatic carbocycles. The number of halogens is 3. The second kappa shape index (κ2) is 5.19. The van der Waals surface area contributed by atoms with Gasteiger partial charge < -0.3 is 19.8 Å². The third-order valence-corrected chi connectivity index (χ3v) is 3.38. The lowest BCUT2D eigenvalue weighted by molar-refractivity contribution is -0.137. The quantitative estimate of drug-likeness (QED) is 0.922. The topological polar surface area (TPSA) is 62.3 Å². The molecule has 0 bridgehead atoms. The lowest BCUT2D eigenvalue weighted by Crippen LogP contribution is -2.32. The van der Waals surface area contributed by atoms with Crippen LogP contribution in [0.25, 0.3) is 11.0 Å². The molecule has 5 nitrogen and oxygen atoms in total. The number of aromatic nitrogens is 2. The molecule has 1 atom stereocenters. The van der Waals surface area contributed by atoms with Gasteiger partial charge in [-0.15, -0.1) is 0 Å². The van der Waals surface area contributed by atoms with Gasteiger partial charge in [0.1, 0.15) is 0 Å². The van der Waals surface area contributed by atoms with Crippen LogP contribution in [0, 0.1) is 0 Å². The first-order chi connectivity index (χ1) is 9.95. The first-order valence-electron chi connectivity index (χ1n) is 6.47. The highest BCUT2D eigenvalue weighted by Gasteiger charge is 2.31. The van der Waals surface area contributed by atoms with Gasteiger partial charge in [0.2, 0.25) is 5.95 Å². The van der Waals surface area contributed by atoms with Crippen molar-refractivity contribution in [3.05, 3.63) is 23.8 Å². The zero-order chi connectivity index (χ0) is 15.0. The fourth-order valence-electron chi connectivity index (χ4n) is 2.36. The SMILES string of the molecule is Nc1nc2cc(C(F)(F)F)ccc2n1CC1COCCO1. The Morgan fingerprint density at radius 3 is 2.81 bits per heavy atom. The van der Waals surface area contributed by atoms with E-state index in [1.54, 1.807) is 4.57 Å². The van der Waals surface area contributed by atoms with Crippen molar-refractivity contribution < 1.29 is 22.6 Å². The fourth-order valence-corrected chi connectivity index (χ4v) is 2.36. The minimum Gasteiger partial charge on any atom is -0.376 e.